The van der Waals surface area contributed by atoms with Gasteiger partial charge in [0.1, 0.15) is 101 Å². The predicted octanol–water partition coefficient (Wildman–Crippen LogP) is -10.8. The van der Waals surface area contributed by atoms with E-state index in [0.29, 0.717) is 25.1 Å². The summed E-state index contributed by atoms with van der Waals surface area (Å²) in [5.41, 5.74) is 0. The zero-order valence-electron chi connectivity index (χ0n) is 22.9. The standard InChI is InChI=1S/C21H33N6O10S2.2Na/c28-18(9-24-3-5-26(16-24)11-20(30)13-38-37-36-32)7-22-1-2-23(15-22)8-19(29)10-25-4-6-27(17-25)12-21(31)14-39(33,34)35;;/h1-6,15-21,28-31H,7-14H2;;/q3*+1. The van der Waals surface area contributed by atoms with Crippen molar-refractivity contribution < 1.29 is 121 Å². The number of imidazole rings is 3. The summed E-state index contributed by atoms with van der Waals surface area (Å²) < 4.78 is 46.7. The van der Waals surface area contributed by atoms with Crippen LogP contribution >= 0.6 is 12.0 Å². The molecule has 3 aromatic heterocycles. The largest absolute Gasteiger partial charge is 1.00 e. The van der Waals surface area contributed by atoms with Crippen LogP contribution in [0.25, 0.3) is 0 Å². The Hall–Kier alpha value is -0.390. The van der Waals surface area contributed by atoms with Gasteiger partial charge in [0.2, 0.25) is 19.0 Å². The summed E-state index contributed by atoms with van der Waals surface area (Å²) in [5.74, 6) is -0.721. The summed E-state index contributed by atoms with van der Waals surface area (Å²) in [6, 6.07) is 0. The van der Waals surface area contributed by atoms with E-state index < -0.39 is 40.3 Å². The predicted molar refractivity (Wildman–Crippen MR) is 127 cm³/mol. The second-order valence-corrected chi connectivity index (χ2v) is 11.3. The Labute approximate surface area is 285 Å². The average Bonchev–Trinajstić information content (AvgIpc) is 3.55. The van der Waals surface area contributed by atoms with Gasteiger partial charge in [-0.25, -0.2) is 35.8 Å². The fourth-order valence-corrected chi connectivity index (χ4v) is 4.94. The van der Waals surface area contributed by atoms with Gasteiger partial charge in [-0.3, -0.25) is 5.04 Å². The van der Waals surface area contributed by atoms with Crippen molar-refractivity contribution in [3.63, 3.8) is 0 Å². The van der Waals surface area contributed by atoms with Gasteiger partial charge in [0, 0.05) is 12.0 Å². The van der Waals surface area contributed by atoms with Gasteiger partial charge in [-0.15, -0.1) is 0 Å². The van der Waals surface area contributed by atoms with Crippen LogP contribution in [0.15, 0.2) is 56.2 Å². The second-order valence-electron chi connectivity index (χ2n) is 9.18. The summed E-state index contributed by atoms with van der Waals surface area (Å²) >= 11 is 0.708. The molecule has 0 radical (unpaired) electrons. The van der Waals surface area contributed by atoms with Crippen LogP contribution in [0.3, 0.4) is 0 Å². The minimum absolute atomic E-state index is 0. The molecule has 41 heavy (non-hydrogen) atoms. The van der Waals surface area contributed by atoms with Crippen molar-refractivity contribution in [3.05, 3.63) is 56.2 Å². The van der Waals surface area contributed by atoms with E-state index in [-0.39, 0.29) is 91.0 Å². The van der Waals surface area contributed by atoms with Crippen LogP contribution in [-0.2, 0) is 58.8 Å². The van der Waals surface area contributed by atoms with Gasteiger partial charge in [-0.2, -0.15) is 4.33 Å². The van der Waals surface area contributed by atoms with Gasteiger partial charge < -0.3 is 30.2 Å². The van der Waals surface area contributed by atoms with Crippen LogP contribution in [0, 0.1) is 0 Å². The first-order valence-corrected chi connectivity index (χ1v) is 14.4. The van der Waals surface area contributed by atoms with Gasteiger partial charge in [-0.05, 0) is 0 Å². The first-order chi connectivity index (χ1) is 18.5. The molecule has 16 nitrogen and oxygen atoms in total. The Balaban J connectivity index is 0.00000420. The van der Waals surface area contributed by atoms with Gasteiger partial charge in [0.05, 0.1) is 21.6 Å². The van der Waals surface area contributed by atoms with Gasteiger partial charge in [0.25, 0.3) is 0 Å². The molecule has 0 aromatic carbocycles. The Morgan fingerprint density at radius 1 is 0.732 bits per heavy atom. The number of aromatic nitrogens is 6. The number of aliphatic hydroxyl groups is 4. The Kier molecular flexibility index (Phi) is 18.0. The van der Waals surface area contributed by atoms with E-state index in [1.54, 1.807) is 79.0 Å². The van der Waals surface area contributed by atoms with E-state index in [4.69, 9.17) is 0 Å². The molecule has 4 atom stereocenters. The fraction of sp³-hybridized carbons (Fsp3) is 0.571. The molecule has 3 aromatic rings. The maximum absolute atomic E-state index is 10.8. The molecule has 0 bridgehead atoms. The zero-order valence-corrected chi connectivity index (χ0v) is 28.5. The van der Waals surface area contributed by atoms with Crippen molar-refractivity contribution in [2.24, 2.45) is 0 Å². The van der Waals surface area contributed by atoms with Crippen LogP contribution in [0.4, 0.5) is 0 Å². The van der Waals surface area contributed by atoms with E-state index in [1.165, 1.54) is 4.57 Å². The normalized spacial score (nSPS) is 14.6. The smallest absolute Gasteiger partial charge is 0.748 e. The fourth-order valence-electron chi connectivity index (χ4n) is 4.01. The van der Waals surface area contributed by atoms with Crippen molar-refractivity contribution in [2.45, 2.75) is 63.7 Å². The minimum Gasteiger partial charge on any atom is -0.748 e. The van der Waals surface area contributed by atoms with E-state index in [2.05, 4.69) is 9.37 Å². The Bertz CT molecular complexity index is 1260. The number of hydrogen-bond donors (Lipinski definition) is 4. The summed E-state index contributed by atoms with van der Waals surface area (Å²) in [5, 5.41) is 53.6. The van der Waals surface area contributed by atoms with Crippen LogP contribution in [0.1, 0.15) is 0 Å². The average molecular weight is 640 g/mol. The molecule has 0 saturated carbocycles. The molecule has 0 saturated heterocycles. The van der Waals surface area contributed by atoms with Gasteiger partial charge in [0.15, 0.2) is 0 Å². The number of nitrogens with zero attached hydrogens (tertiary/aromatic N) is 6. The molecule has 218 valence electrons. The van der Waals surface area contributed by atoms with Crippen molar-refractivity contribution in [1.82, 2.24) is 13.7 Å². The molecular weight excluding hydrogens is 606 g/mol. The molecule has 0 aliphatic carbocycles. The molecule has 0 amide bonds. The van der Waals surface area contributed by atoms with Crippen LogP contribution in [-0.4, -0.2) is 83.0 Å². The summed E-state index contributed by atoms with van der Waals surface area (Å²) in [6.07, 6.45) is 11.9. The minimum atomic E-state index is -4.52. The third-order valence-electron chi connectivity index (χ3n) is 5.50. The molecular formula is C21H33N6Na2O10S2+3. The third kappa shape index (κ3) is 15.3. The molecule has 3 heterocycles. The molecule has 20 heteroatoms. The van der Waals surface area contributed by atoms with E-state index >= 15 is 0 Å². The molecule has 4 unspecified atom stereocenters. The number of aliphatic hydroxyl groups excluding tert-OH is 4. The first kappa shape index (κ1) is 38.6. The zero-order chi connectivity index (χ0) is 28.4. The molecule has 0 spiro atoms. The molecule has 0 fully saturated rings. The maximum Gasteiger partial charge on any atom is 1.00 e. The summed E-state index contributed by atoms with van der Waals surface area (Å²) in [7, 11) is -4.52. The first-order valence-electron chi connectivity index (χ1n) is 11.9. The third-order valence-corrected chi connectivity index (χ3v) is 6.97. The van der Waals surface area contributed by atoms with Crippen LogP contribution in [0.2, 0.25) is 0 Å². The molecule has 3 rings (SSSR count). The van der Waals surface area contributed by atoms with E-state index in [9.17, 15) is 38.7 Å². The Morgan fingerprint density at radius 3 is 1.51 bits per heavy atom. The van der Waals surface area contributed by atoms with Crippen molar-refractivity contribution >= 4 is 22.2 Å². The quantitative estimate of drug-likeness (QED) is 0.0196. The van der Waals surface area contributed by atoms with E-state index in [1.807, 2.05) is 0 Å². The summed E-state index contributed by atoms with van der Waals surface area (Å²) in [6.45, 7) is 1.35. The van der Waals surface area contributed by atoms with Crippen molar-refractivity contribution in [2.75, 3.05) is 11.5 Å². The molecule has 0 aliphatic rings. The van der Waals surface area contributed by atoms with Crippen molar-refractivity contribution in [3.8, 4) is 0 Å². The maximum atomic E-state index is 10.8. The van der Waals surface area contributed by atoms with Gasteiger partial charge >= 0.3 is 59.1 Å². The van der Waals surface area contributed by atoms with Crippen LogP contribution in [0.5, 0.6) is 0 Å². The van der Waals surface area contributed by atoms with Gasteiger partial charge in [-0.1, -0.05) is 0 Å². The summed E-state index contributed by atoms with van der Waals surface area (Å²) in [4.78, 5) is 0. The number of rotatable bonds is 18. The second kappa shape index (κ2) is 19.1. The van der Waals surface area contributed by atoms with Crippen LogP contribution < -0.4 is 78.1 Å². The molecule has 0 aliphatic heterocycles. The number of hydrogen-bond acceptors (Lipinski definition) is 11. The SMILES string of the molecule is O=S(=O)([O-])CC(O)Cn1cc[n+](CC(O)Cn2cc[n+](CC(O)Cn3cc[n+](CC(O)CSOO[O-])c3)c2)c1.[Na+].[Na+]. The van der Waals surface area contributed by atoms with Crippen molar-refractivity contribution in [1.29, 1.82) is 0 Å². The topological polar surface area (TPSA) is 206 Å². The monoisotopic (exact) mass is 639 g/mol. The Morgan fingerprint density at radius 2 is 1.12 bits per heavy atom. The molecule has 4 N–H and O–H groups in total. The van der Waals surface area contributed by atoms with E-state index in [0.717, 1.165) is 0 Å².